The predicted octanol–water partition coefficient (Wildman–Crippen LogP) is 3.47. The molecule has 0 fully saturated rings. The van der Waals surface area contributed by atoms with Gasteiger partial charge in [0, 0.05) is 23.7 Å². The largest absolute Gasteiger partial charge is 0.310 e. The number of carbonyl (C=O) groups excluding carboxylic acids is 1. The van der Waals surface area contributed by atoms with Crippen molar-refractivity contribution in [1.29, 1.82) is 0 Å². The summed E-state index contributed by atoms with van der Waals surface area (Å²) in [7, 11) is 1.76. The summed E-state index contributed by atoms with van der Waals surface area (Å²) in [5.41, 5.74) is 1.48. The lowest BCUT2D eigenvalue weighted by Crippen LogP contribution is -2.26. The predicted molar refractivity (Wildman–Crippen MR) is 79.8 cm³/mol. The van der Waals surface area contributed by atoms with Crippen molar-refractivity contribution < 1.29 is 4.79 Å². The van der Waals surface area contributed by atoms with E-state index in [4.69, 9.17) is 0 Å². The molecule has 0 unspecified atom stereocenters. The monoisotopic (exact) mass is 272 g/mol. The fourth-order valence-corrected chi connectivity index (χ4v) is 2.39. The summed E-state index contributed by atoms with van der Waals surface area (Å²) in [5.74, 6) is 1.00. The van der Waals surface area contributed by atoms with E-state index in [-0.39, 0.29) is 5.91 Å². The summed E-state index contributed by atoms with van der Waals surface area (Å²) in [6.45, 7) is 2.11. The zero-order valence-corrected chi connectivity index (χ0v) is 11.9. The average molecular weight is 272 g/mol. The quantitative estimate of drug-likeness (QED) is 0.799. The molecule has 0 bridgehead atoms. The number of benzene rings is 1. The number of pyridine rings is 1. The van der Waals surface area contributed by atoms with Crippen LogP contribution in [0.4, 0.5) is 5.69 Å². The summed E-state index contributed by atoms with van der Waals surface area (Å²) in [6, 6.07) is 11.4. The fraction of sp³-hybridized carbons (Fsp3) is 0.200. The maximum absolute atomic E-state index is 12.3. The van der Waals surface area contributed by atoms with Crippen molar-refractivity contribution in [3.8, 4) is 0 Å². The number of rotatable bonds is 4. The number of anilines is 1. The molecule has 0 N–H and O–H groups in total. The van der Waals surface area contributed by atoms with Gasteiger partial charge in [-0.2, -0.15) is 0 Å². The van der Waals surface area contributed by atoms with E-state index in [0.29, 0.717) is 5.56 Å². The zero-order chi connectivity index (χ0) is 13.7. The molecule has 19 heavy (non-hydrogen) atoms. The van der Waals surface area contributed by atoms with Crippen molar-refractivity contribution in [2.45, 2.75) is 11.8 Å². The van der Waals surface area contributed by atoms with Crippen LogP contribution in [0.2, 0.25) is 0 Å². The van der Waals surface area contributed by atoms with Gasteiger partial charge >= 0.3 is 0 Å². The number of hydrogen-bond donors (Lipinski definition) is 0. The van der Waals surface area contributed by atoms with Crippen LogP contribution < -0.4 is 4.90 Å². The molecule has 0 saturated carbocycles. The Morgan fingerprint density at radius 1 is 1.26 bits per heavy atom. The number of amides is 1. The van der Waals surface area contributed by atoms with Crippen molar-refractivity contribution in [1.82, 2.24) is 4.98 Å². The van der Waals surface area contributed by atoms with Gasteiger partial charge in [-0.25, -0.2) is 0 Å². The van der Waals surface area contributed by atoms with Crippen molar-refractivity contribution in [3.05, 3.63) is 54.4 Å². The molecular weight excluding hydrogens is 256 g/mol. The first kappa shape index (κ1) is 13.6. The van der Waals surface area contributed by atoms with Crippen LogP contribution >= 0.6 is 11.8 Å². The topological polar surface area (TPSA) is 33.2 Å². The number of carbonyl (C=O) groups is 1. The Kier molecular flexibility index (Phi) is 4.58. The molecule has 0 spiro atoms. The average Bonchev–Trinajstić information content (AvgIpc) is 2.48. The van der Waals surface area contributed by atoms with Gasteiger partial charge in [-0.1, -0.05) is 6.92 Å². The normalized spacial score (nSPS) is 10.2. The van der Waals surface area contributed by atoms with Crippen LogP contribution in [0, 0.1) is 0 Å². The molecule has 1 aromatic heterocycles. The molecule has 0 atom stereocenters. The minimum Gasteiger partial charge on any atom is -0.310 e. The highest BCUT2D eigenvalue weighted by atomic mass is 32.2. The lowest BCUT2D eigenvalue weighted by molar-refractivity contribution is 0.0993. The Bertz CT molecular complexity index is 540. The summed E-state index contributed by atoms with van der Waals surface area (Å²) in [5, 5.41) is 0. The second kappa shape index (κ2) is 6.38. The second-order valence-corrected chi connectivity index (χ2v) is 5.37. The summed E-state index contributed by atoms with van der Waals surface area (Å²) in [6.07, 6.45) is 3.37. The maximum atomic E-state index is 12.3. The van der Waals surface area contributed by atoms with Crippen molar-refractivity contribution in [2.75, 3.05) is 17.7 Å². The van der Waals surface area contributed by atoms with Crippen LogP contribution in [0.15, 0.2) is 53.7 Å². The first-order chi connectivity index (χ1) is 9.22. The van der Waals surface area contributed by atoms with Gasteiger partial charge in [0.1, 0.15) is 0 Å². The Morgan fingerprint density at radius 3 is 2.58 bits per heavy atom. The third-order valence-corrected chi connectivity index (χ3v) is 3.64. The van der Waals surface area contributed by atoms with E-state index in [2.05, 4.69) is 11.9 Å². The molecule has 0 aliphatic heterocycles. The second-order valence-electron chi connectivity index (χ2n) is 4.03. The van der Waals surface area contributed by atoms with Gasteiger partial charge in [0.15, 0.2) is 0 Å². The molecule has 0 aliphatic rings. The standard InChI is InChI=1S/C15H16N2OS/c1-3-19-14-8-6-12(7-9-14)15(18)17(2)13-5-4-10-16-11-13/h4-11H,3H2,1-2H3. The molecule has 0 radical (unpaired) electrons. The third kappa shape index (κ3) is 3.35. The van der Waals surface area contributed by atoms with Crippen LogP contribution in [0.5, 0.6) is 0 Å². The zero-order valence-electron chi connectivity index (χ0n) is 11.0. The van der Waals surface area contributed by atoms with Crippen LogP contribution in [-0.4, -0.2) is 23.7 Å². The summed E-state index contributed by atoms with van der Waals surface area (Å²) >= 11 is 1.77. The van der Waals surface area contributed by atoms with E-state index in [9.17, 15) is 4.79 Å². The summed E-state index contributed by atoms with van der Waals surface area (Å²) < 4.78 is 0. The van der Waals surface area contributed by atoms with E-state index in [1.54, 1.807) is 36.1 Å². The molecule has 3 nitrogen and oxygen atoms in total. The van der Waals surface area contributed by atoms with Crippen LogP contribution in [0.1, 0.15) is 17.3 Å². The fourth-order valence-electron chi connectivity index (χ4n) is 1.72. The van der Waals surface area contributed by atoms with Crippen molar-refractivity contribution in [3.63, 3.8) is 0 Å². The molecule has 1 heterocycles. The number of nitrogens with zero attached hydrogens (tertiary/aromatic N) is 2. The molecule has 2 rings (SSSR count). The first-order valence-electron chi connectivity index (χ1n) is 6.13. The Morgan fingerprint density at radius 2 is 2.00 bits per heavy atom. The molecule has 2 aromatic rings. The van der Waals surface area contributed by atoms with Gasteiger partial charge < -0.3 is 4.90 Å². The van der Waals surface area contributed by atoms with E-state index < -0.39 is 0 Å². The molecule has 0 saturated heterocycles. The third-order valence-electron chi connectivity index (χ3n) is 2.75. The van der Waals surface area contributed by atoms with Crippen molar-refractivity contribution in [2.24, 2.45) is 0 Å². The van der Waals surface area contributed by atoms with Crippen molar-refractivity contribution >= 4 is 23.4 Å². The van der Waals surface area contributed by atoms with Crippen LogP contribution in [-0.2, 0) is 0 Å². The minimum atomic E-state index is -0.0268. The Hall–Kier alpha value is -1.81. The molecule has 98 valence electrons. The van der Waals surface area contributed by atoms with Gasteiger partial charge in [0.25, 0.3) is 5.91 Å². The van der Waals surface area contributed by atoms with E-state index in [1.807, 2.05) is 36.4 Å². The Balaban J connectivity index is 2.15. The van der Waals surface area contributed by atoms with Crippen LogP contribution in [0.3, 0.4) is 0 Å². The van der Waals surface area contributed by atoms with Gasteiger partial charge in [0.2, 0.25) is 0 Å². The SMILES string of the molecule is CCSc1ccc(C(=O)N(C)c2cccnc2)cc1. The highest BCUT2D eigenvalue weighted by Gasteiger charge is 2.13. The number of hydrogen-bond acceptors (Lipinski definition) is 3. The highest BCUT2D eigenvalue weighted by molar-refractivity contribution is 7.99. The smallest absolute Gasteiger partial charge is 0.258 e. The Labute approximate surface area is 117 Å². The van der Waals surface area contributed by atoms with Gasteiger partial charge in [0.05, 0.1) is 11.9 Å². The van der Waals surface area contributed by atoms with E-state index >= 15 is 0 Å². The van der Waals surface area contributed by atoms with Crippen LogP contribution in [0.25, 0.3) is 0 Å². The molecule has 1 amide bonds. The lowest BCUT2D eigenvalue weighted by atomic mass is 10.2. The lowest BCUT2D eigenvalue weighted by Gasteiger charge is -2.16. The number of aromatic nitrogens is 1. The molecule has 4 heteroatoms. The van der Waals surface area contributed by atoms with E-state index in [0.717, 1.165) is 11.4 Å². The maximum Gasteiger partial charge on any atom is 0.258 e. The molecule has 1 aromatic carbocycles. The van der Waals surface area contributed by atoms with Gasteiger partial charge in [-0.15, -0.1) is 11.8 Å². The van der Waals surface area contributed by atoms with Gasteiger partial charge in [-0.3, -0.25) is 9.78 Å². The highest BCUT2D eigenvalue weighted by Crippen LogP contribution is 2.19. The first-order valence-corrected chi connectivity index (χ1v) is 7.12. The molecular formula is C15H16N2OS. The summed E-state index contributed by atoms with van der Waals surface area (Å²) in [4.78, 5) is 19.1. The number of thioether (sulfide) groups is 1. The minimum absolute atomic E-state index is 0.0268. The van der Waals surface area contributed by atoms with E-state index in [1.165, 1.54) is 4.90 Å². The molecule has 0 aliphatic carbocycles. The van der Waals surface area contributed by atoms with Gasteiger partial charge in [-0.05, 0) is 42.2 Å².